The molecule has 48 heavy (non-hydrogen) atoms. The Morgan fingerprint density at radius 1 is 0.542 bits per heavy atom. The maximum absolute atomic E-state index is 12.6. The Balaban J connectivity index is 0.977. The van der Waals surface area contributed by atoms with Crippen molar-refractivity contribution in [1.29, 1.82) is 0 Å². The summed E-state index contributed by atoms with van der Waals surface area (Å²) in [5.74, 6) is 3.24. The first-order chi connectivity index (χ1) is 23.4. The fourth-order valence-corrected chi connectivity index (χ4v) is 9.18. The molecule has 2 atom stereocenters. The smallest absolute Gasteiger partial charge is 0.132 e. The van der Waals surface area contributed by atoms with E-state index in [4.69, 9.17) is 23.2 Å². The van der Waals surface area contributed by atoms with E-state index < -0.39 is 0 Å². The number of rotatable bonds is 22. The number of unbranched alkanes of at least 4 members (excludes halogenated alkanes) is 2. The number of Topliss-reactive ketones (excluding diaryl/α,β-unsaturated/α-hetero) is 1. The molecule has 0 saturated heterocycles. The van der Waals surface area contributed by atoms with E-state index >= 15 is 0 Å². The number of alkyl halides is 4. The number of hydrogen-bond acceptors (Lipinski definition) is 1. The Labute approximate surface area is 301 Å². The highest BCUT2D eigenvalue weighted by atomic mass is 35.5. The maximum Gasteiger partial charge on any atom is 0.132 e. The zero-order chi connectivity index (χ0) is 34.0. The molecule has 0 spiro atoms. The van der Waals surface area contributed by atoms with Crippen LogP contribution in [0.5, 0.6) is 0 Å². The third kappa shape index (κ3) is 14.4. The number of benzene rings is 2. The summed E-state index contributed by atoms with van der Waals surface area (Å²) in [5, 5.41) is 0.378. The average molecular weight is 704 g/mol. The first kappa shape index (κ1) is 39.3. The Kier molecular flexibility index (Phi) is 18.3. The minimum absolute atomic E-state index is 0.189. The molecule has 0 aromatic heterocycles. The molecule has 0 amide bonds. The monoisotopic (exact) mass is 702 g/mol. The second-order valence-corrected chi connectivity index (χ2v) is 16.4. The Morgan fingerprint density at radius 2 is 0.896 bits per heavy atom. The van der Waals surface area contributed by atoms with E-state index in [1.165, 1.54) is 99.3 Å². The van der Waals surface area contributed by atoms with Gasteiger partial charge in [-0.1, -0.05) is 99.9 Å². The van der Waals surface area contributed by atoms with Crippen molar-refractivity contribution < 1.29 is 13.6 Å². The number of ketones is 1. The maximum atomic E-state index is 12.6. The molecule has 0 N–H and O–H groups in total. The Hall–Kier alpha value is -1.45. The predicted octanol–water partition coefficient (Wildman–Crippen LogP) is 12.8. The molecule has 2 aliphatic rings. The lowest BCUT2D eigenvalue weighted by Gasteiger charge is -2.31. The molecule has 2 aromatic rings. The molecule has 0 radical (unpaired) electrons. The lowest BCUT2D eigenvalue weighted by molar-refractivity contribution is -0.119. The van der Waals surface area contributed by atoms with Gasteiger partial charge in [0.05, 0.1) is 13.3 Å². The quantitative estimate of drug-likeness (QED) is 0.0881. The van der Waals surface area contributed by atoms with Gasteiger partial charge in [0.2, 0.25) is 0 Å². The minimum atomic E-state index is -0.254. The molecule has 0 heterocycles. The van der Waals surface area contributed by atoms with Gasteiger partial charge in [-0.2, -0.15) is 0 Å². The number of aryl methyl sites for hydroxylation is 2. The first-order valence-electron chi connectivity index (χ1n) is 19.5. The second kappa shape index (κ2) is 22.4. The molecule has 2 aliphatic carbocycles. The standard InChI is InChI=1S/C43H62Cl2F2O/c44-42(31-37-17-13-35(14-18-37)9-5-29-46)39-25-21-33(22-26-39)7-1-3-11-41(48)12-4-2-8-34-23-27-40(28-24-34)43(45)32-38-19-15-36(16-20-38)10-6-30-47/h13-20,33-34,39-40,42-43H,1-12,21-32H2/t33-,34?,39-,40?,42?,43?. The van der Waals surface area contributed by atoms with Crippen molar-refractivity contribution in [3.05, 3.63) is 70.8 Å². The van der Waals surface area contributed by atoms with Crippen molar-refractivity contribution in [2.24, 2.45) is 23.7 Å². The van der Waals surface area contributed by atoms with Crippen molar-refractivity contribution >= 4 is 29.0 Å². The van der Waals surface area contributed by atoms with E-state index in [2.05, 4.69) is 48.5 Å². The number of carbonyl (C=O) groups is 1. The highest BCUT2D eigenvalue weighted by Crippen LogP contribution is 2.38. The van der Waals surface area contributed by atoms with Crippen molar-refractivity contribution in [1.82, 2.24) is 0 Å². The van der Waals surface area contributed by atoms with E-state index in [1.807, 2.05) is 0 Å². The van der Waals surface area contributed by atoms with Crippen LogP contribution in [0.25, 0.3) is 0 Å². The summed E-state index contributed by atoms with van der Waals surface area (Å²) >= 11 is 13.8. The number of halogens is 4. The molecule has 2 saturated carbocycles. The molecule has 5 heteroatoms. The van der Waals surface area contributed by atoms with Crippen LogP contribution in [0.4, 0.5) is 8.78 Å². The van der Waals surface area contributed by atoms with E-state index in [-0.39, 0.29) is 24.1 Å². The van der Waals surface area contributed by atoms with Gasteiger partial charge in [-0.15, -0.1) is 23.2 Å². The Bertz CT molecular complexity index is 1050. The van der Waals surface area contributed by atoms with Crippen LogP contribution >= 0.6 is 23.2 Å². The summed E-state index contributed by atoms with van der Waals surface area (Å²) in [6.07, 6.45) is 23.1. The topological polar surface area (TPSA) is 17.1 Å². The minimum Gasteiger partial charge on any atom is -0.300 e. The van der Waals surface area contributed by atoms with E-state index in [0.29, 0.717) is 30.5 Å². The third-order valence-corrected chi connectivity index (χ3v) is 12.6. The van der Waals surface area contributed by atoms with Gasteiger partial charge < -0.3 is 0 Å². The highest BCUT2D eigenvalue weighted by molar-refractivity contribution is 6.21. The highest BCUT2D eigenvalue weighted by Gasteiger charge is 2.27. The molecule has 268 valence electrons. The second-order valence-electron chi connectivity index (χ2n) is 15.3. The van der Waals surface area contributed by atoms with Crippen LogP contribution in [0.2, 0.25) is 0 Å². The average Bonchev–Trinajstić information content (AvgIpc) is 3.12. The molecule has 1 nitrogen and oxygen atoms in total. The Morgan fingerprint density at radius 3 is 1.25 bits per heavy atom. The van der Waals surface area contributed by atoms with Gasteiger partial charge in [0.15, 0.2) is 0 Å². The third-order valence-electron chi connectivity index (χ3n) is 11.5. The normalized spacial score (nSPS) is 22.8. The predicted molar refractivity (Wildman–Crippen MR) is 201 cm³/mol. The van der Waals surface area contributed by atoms with Gasteiger partial charge >= 0.3 is 0 Å². The van der Waals surface area contributed by atoms with Gasteiger partial charge in [-0.05, 0) is 123 Å². The SMILES string of the molecule is O=C(CCCCC1CCC(C(Cl)Cc2ccc(CCCF)cc2)CC1)CCCC[C@H]1CC[C@H](C(Cl)Cc2ccc(CCCF)cc2)CC1. The zero-order valence-electron chi connectivity index (χ0n) is 29.5. The molecule has 0 aliphatic heterocycles. The number of carbonyl (C=O) groups excluding carboxylic acids is 1. The fourth-order valence-electron chi connectivity index (χ4n) is 8.32. The first-order valence-corrected chi connectivity index (χ1v) is 20.4. The summed E-state index contributed by atoms with van der Waals surface area (Å²) in [5.41, 5.74) is 4.99. The molecule has 4 rings (SSSR count). The summed E-state index contributed by atoms with van der Waals surface area (Å²) < 4.78 is 24.9. The van der Waals surface area contributed by atoms with Crippen LogP contribution in [0, 0.1) is 23.7 Å². The summed E-state index contributed by atoms with van der Waals surface area (Å²) in [7, 11) is 0. The van der Waals surface area contributed by atoms with Crippen LogP contribution in [-0.4, -0.2) is 29.9 Å². The van der Waals surface area contributed by atoms with Gasteiger partial charge in [0, 0.05) is 23.6 Å². The largest absolute Gasteiger partial charge is 0.300 e. The van der Waals surface area contributed by atoms with Crippen molar-refractivity contribution in [3.63, 3.8) is 0 Å². The van der Waals surface area contributed by atoms with Crippen LogP contribution < -0.4 is 0 Å². The molecule has 2 unspecified atom stereocenters. The van der Waals surface area contributed by atoms with Crippen LogP contribution in [0.3, 0.4) is 0 Å². The lowest BCUT2D eigenvalue weighted by atomic mass is 9.77. The van der Waals surface area contributed by atoms with Gasteiger partial charge in [0.25, 0.3) is 0 Å². The van der Waals surface area contributed by atoms with Crippen LogP contribution in [-0.2, 0) is 30.5 Å². The molecular formula is C43H62Cl2F2O. The number of hydrogen-bond donors (Lipinski definition) is 0. The molecule has 2 fully saturated rings. The lowest BCUT2D eigenvalue weighted by Crippen LogP contribution is -2.24. The molecule has 2 aromatic carbocycles. The molecule has 0 bridgehead atoms. The summed E-state index contributed by atoms with van der Waals surface area (Å²) in [6.45, 7) is -0.508. The van der Waals surface area contributed by atoms with Gasteiger partial charge in [0.1, 0.15) is 5.78 Å². The van der Waals surface area contributed by atoms with Crippen molar-refractivity contribution in [2.45, 2.75) is 152 Å². The van der Waals surface area contributed by atoms with Gasteiger partial charge in [-0.3, -0.25) is 13.6 Å². The zero-order valence-corrected chi connectivity index (χ0v) is 31.0. The van der Waals surface area contributed by atoms with Crippen molar-refractivity contribution in [3.8, 4) is 0 Å². The van der Waals surface area contributed by atoms with E-state index in [9.17, 15) is 13.6 Å². The van der Waals surface area contributed by atoms with Crippen molar-refractivity contribution in [2.75, 3.05) is 13.3 Å². The van der Waals surface area contributed by atoms with E-state index in [0.717, 1.165) is 63.2 Å². The van der Waals surface area contributed by atoms with Crippen LogP contribution in [0.1, 0.15) is 138 Å². The van der Waals surface area contributed by atoms with E-state index in [1.54, 1.807) is 0 Å². The molecular weight excluding hydrogens is 641 g/mol. The van der Waals surface area contributed by atoms with Gasteiger partial charge in [-0.25, -0.2) is 0 Å². The fraction of sp³-hybridized carbons (Fsp3) is 0.698. The van der Waals surface area contributed by atoms with Crippen LogP contribution in [0.15, 0.2) is 48.5 Å². The summed E-state index contributed by atoms with van der Waals surface area (Å²) in [6, 6.07) is 17.2. The summed E-state index contributed by atoms with van der Waals surface area (Å²) in [4.78, 5) is 12.6.